The van der Waals surface area contributed by atoms with Crippen LogP contribution in [0.2, 0.25) is 0 Å². The number of halogens is 1. The van der Waals surface area contributed by atoms with Crippen molar-refractivity contribution in [3.05, 3.63) is 42.1 Å². The van der Waals surface area contributed by atoms with Crippen molar-refractivity contribution >= 4 is 28.4 Å². The molecule has 0 saturated carbocycles. The summed E-state index contributed by atoms with van der Waals surface area (Å²) in [6, 6.07) is 9.46. The zero-order valence-corrected chi connectivity index (χ0v) is 12.6. The third-order valence-corrected chi connectivity index (χ3v) is 4.01. The number of carbonyl (C=O) groups is 1. The van der Waals surface area contributed by atoms with Crippen LogP contribution in [0.25, 0.3) is 10.9 Å². The molecule has 0 spiro atoms. The summed E-state index contributed by atoms with van der Waals surface area (Å²) in [7, 11) is 0. The molecular formula is C16H17ClN2O2. The lowest BCUT2D eigenvalue weighted by molar-refractivity contribution is -0.0569. The minimum atomic E-state index is -0.104. The second-order valence-corrected chi connectivity index (χ2v) is 5.62. The van der Waals surface area contributed by atoms with Crippen LogP contribution >= 0.6 is 11.6 Å². The molecule has 0 N–H and O–H groups in total. The predicted octanol–water partition coefficient (Wildman–Crippen LogP) is 2.70. The Bertz CT molecular complexity index is 656. The number of fused-ring (bicyclic) bond motifs is 1. The van der Waals surface area contributed by atoms with Gasteiger partial charge in [-0.1, -0.05) is 18.2 Å². The molecule has 21 heavy (non-hydrogen) atoms. The summed E-state index contributed by atoms with van der Waals surface area (Å²) in [6.07, 6.45) is 1.57. The summed E-state index contributed by atoms with van der Waals surface area (Å²) in [4.78, 5) is 18.9. The molecule has 1 saturated heterocycles. The van der Waals surface area contributed by atoms with Crippen molar-refractivity contribution in [1.82, 2.24) is 9.88 Å². The van der Waals surface area contributed by atoms with E-state index in [1.807, 2.05) is 36.1 Å². The summed E-state index contributed by atoms with van der Waals surface area (Å²) >= 11 is 5.88. The van der Waals surface area contributed by atoms with Gasteiger partial charge in [0.2, 0.25) is 0 Å². The van der Waals surface area contributed by atoms with Crippen LogP contribution in [0.1, 0.15) is 17.3 Å². The smallest absolute Gasteiger partial charge is 0.254 e. The second-order valence-electron chi connectivity index (χ2n) is 5.31. The van der Waals surface area contributed by atoms with Gasteiger partial charge in [0.05, 0.1) is 29.2 Å². The maximum Gasteiger partial charge on any atom is 0.254 e. The average molecular weight is 305 g/mol. The fourth-order valence-corrected chi connectivity index (χ4v) is 2.92. The number of benzene rings is 1. The molecule has 1 fully saturated rings. The highest BCUT2D eigenvalue weighted by Gasteiger charge is 2.29. The Hall–Kier alpha value is -1.65. The summed E-state index contributed by atoms with van der Waals surface area (Å²) in [5.74, 6) is 0.407. The van der Waals surface area contributed by atoms with Crippen LogP contribution in [0.5, 0.6) is 0 Å². The average Bonchev–Trinajstić information content (AvgIpc) is 2.53. The zero-order valence-electron chi connectivity index (χ0n) is 11.8. The molecule has 2 unspecified atom stereocenters. The first kappa shape index (κ1) is 14.3. The van der Waals surface area contributed by atoms with E-state index < -0.39 is 0 Å². The van der Waals surface area contributed by atoms with Gasteiger partial charge in [-0.05, 0) is 19.1 Å². The van der Waals surface area contributed by atoms with Crippen LogP contribution in [-0.2, 0) is 4.74 Å². The third-order valence-electron chi connectivity index (χ3n) is 3.67. The highest BCUT2D eigenvalue weighted by molar-refractivity contribution is 6.18. The van der Waals surface area contributed by atoms with Gasteiger partial charge in [0.25, 0.3) is 5.91 Å². The first-order valence-corrected chi connectivity index (χ1v) is 7.57. The fraction of sp³-hybridized carbons (Fsp3) is 0.375. The Balaban J connectivity index is 1.93. The fourth-order valence-electron chi connectivity index (χ4n) is 2.75. The Morgan fingerprint density at radius 1 is 1.38 bits per heavy atom. The van der Waals surface area contributed by atoms with E-state index in [1.54, 1.807) is 12.3 Å². The second kappa shape index (κ2) is 6.00. The van der Waals surface area contributed by atoms with Gasteiger partial charge in [-0.25, -0.2) is 0 Å². The lowest BCUT2D eigenvalue weighted by Gasteiger charge is -2.36. The quantitative estimate of drug-likeness (QED) is 0.801. The van der Waals surface area contributed by atoms with E-state index in [1.165, 1.54) is 0 Å². The van der Waals surface area contributed by atoms with Crippen molar-refractivity contribution in [3.8, 4) is 0 Å². The monoisotopic (exact) mass is 304 g/mol. The Morgan fingerprint density at radius 3 is 3.00 bits per heavy atom. The molecule has 4 nitrogen and oxygen atoms in total. The Labute approximate surface area is 128 Å². The lowest BCUT2D eigenvalue weighted by atomic mass is 10.1. The molecule has 3 rings (SSSR count). The standard InChI is InChI=1S/C16H17ClN2O2/c1-11-9-19(10-12(8-17)21-11)16(20)14-6-7-18-15-5-3-2-4-13(14)15/h2-7,11-12H,8-10H2,1H3. The van der Waals surface area contributed by atoms with Crippen LogP contribution in [0.3, 0.4) is 0 Å². The van der Waals surface area contributed by atoms with Gasteiger partial charge in [0.15, 0.2) is 0 Å². The van der Waals surface area contributed by atoms with E-state index in [0.29, 0.717) is 24.5 Å². The largest absolute Gasteiger partial charge is 0.370 e. The molecule has 5 heteroatoms. The minimum absolute atomic E-state index is 0.000415. The van der Waals surface area contributed by atoms with Crippen molar-refractivity contribution in [3.63, 3.8) is 0 Å². The number of alkyl halides is 1. The molecule has 1 aliphatic rings. The molecule has 1 amide bonds. The molecule has 0 aliphatic carbocycles. The third kappa shape index (κ3) is 2.87. The summed E-state index contributed by atoms with van der Waals surface area (Å²) < 4.78 is 5.70. The van der Waals surface area contributed by atoms with Crippen molar-refractivity contribution < 1.29 is 9.53 Å². The Morgan fingerprint density at radius 2 is 2.19 bits per heavy atom. The summed E-state index contributed by atoms with van der Waals surface area (Å²) in [5.41, 5.74) is 1.52. The van der Waals surface area contributed by atoms with Gasteiger partial charge in [-0.2, -0.15) is 0 Å². The zero-order chi connectivity index (χ0) is 14.8. The SMILES string of the molecule is CC1CN(C(=O)c2ccnc3ccccc23)CC(CCl)O1. The topological polar surface area (TPSA) is 42.4 Å². The molecule has 1 aromatic carbocycles. The van der Waals surface area contributed by atoms with Crippen LogP contribution in [0, 0.1) is 0 Å². The number of hydrogen-bond acceptors (Lipinski definition) is 3. The van der Waals surface area contributed by atoms with Crippen molar-refractivity contribution in [2.75, 3.05) is 19.0 Å². The van der Waals surface area contributed by atoms with Crippen LogP contribution < -0.4 is 0 Å². The van der Waals surface area contributed by atoms with Crippen LogP contribution in [0.15, 0.2) is 36.5 Å². The van der Waals surface area contributed by atoms with Crippen LogP contribution in [-0.4, -0.2) is 47.0 Å². The number of amides is 1. The number of aromatic nitrogens is 1. The lowest BCUT2D eigenvalue weighted by Crippen LogP contribution is -2.49. The molecule has 2 heterocycles. The molecule has 2 atom stereocenters. The van der Waals surface area contributed by atoms with Crippen LogP contribution in [0.4, 0.5) is 0 Å². The normalized spacial score (nSPS) is 22.5. The number of ether oxygens (including phenoxy) is 1. The maximum absolute atomic E-state index is 12.8. The number of rotatable bonds is 2. The molecule has 1 aliphatic heterocycles. The number of carbonyl (C=O) groups excluding carboxylic acids is 1. The first-order chi connectivity index (χ1) is 10.2. The molecular weight excluding hydrogens is 288 g/mol. The van der Waals surface area contributed by atoms with E-state index in [4.69, 9.17) is 16.3 Å². The van der Waals surface area contributed by atoms with E-state index in [-0.39, 0.29) is 18.1 Å². The van der Waals surface area contributed by atoms with E-state index in [2.05, 4.69) is 4.98 Å². The van der Waals surface area contributed by atoms with Crippen molar-refractivity contribution in [1.29, 1.82) is 0 Å². The molecule has 110 valence electrons. The minimum Gasteiger partial charge on any atom is -0.370 e. The van der Waals surface area contributed by atoms with Gasteiger partial charge >= 0.3 is 0 Å². The van der Waals surface area contributed by atoms with Crippen molar-refractivity contribution in [2.24, 2.45) is 0 Å². The van der Waals surface area contributed by atoms with Gasteiger partial charge in [0, 0.05) is 24.7 Å². The van der Waals surface area contributed by atoms with Gasteiger partial charge in [0.1, 0.15) is 0 Å². The Kier molecular flexibility index (Phi) is 4.08. The first-order valence-electron chi connectivity index (χ1n) is 7.03. The number of para-hydroxylation sites is 1. The highest BCUT2D eigenvalue weighted by atomic mass is 35.5. The van der Waals surface area contributed by atoms with Crippen molar-refractivity contribution in [2.45, 2.75) is 19.1 Å². The number of hydrogen-bond donors (Lipinski definition) is 0. The summed E-state index contributed by atoms with van der Waals surface area (Å²) in [6.45, 7) is 3.08. The predicted molar refractivity (Wildman–Crippen MR) is 82.7 cm³/mol. The molecule has 2 aromatic rings. The van der Waals surface area contributed by atoms with E-state index in [0.717, 1.165) is 10.9 Å². The molecule has 0 radical (unpaired) electrons. The van der Waals surface area contributed by atoms with Gasteiger partial charge < -0.3 is 9.64 Å². The van der Waals surface area contributed by atoms with Gasteiger partial charge in [-0.3, -0.25) is 9.78 Å². The summed E-state index contributed by atoms with van der Waals surface area (Å²) in [5, 5.41) is 0.881. The highest BCUT2D eigenvalue weighted by Crippen LogP contribution is 2.20. The number of pyridine rings is 1. The number of nitrogens with zero attached hydrogens (tertiary/aromatic N) is 2. The molecule has 1 aromatic heterocycles. The number of morpholine rings is 1. The van der Waals surface area contributed by atoms with E-state index in [9.17, 15) is 4.79 Å². The van der Waals surface area contributed by atoms with E-state index >= 15 is 0 Å². The molecule has 0 bridgehead atoms. The van der Waals surface area contributed by atoms with Gasteiger partial charge in [-0.15, -0.1) is 11.6 Å². The maximum atomic E-state index is 12.8.